The first-order chi connectivity index (χ1) is 14.1. The fourth-order valence-electron chi connectivity index (χ4n) is 2.99. The minimum Gasteiger partial charge on any atom is -0.493 e. The van der Waals surface area contributed by atoms with Gasteiger partial charge in [-0.2, -0.15) is 0 Å². The van der Waals surface area contributed by atoms with Crippen molar-refractivity contribution in [3.05, 3.63) is 58.4 Å². The minimum absolute atomic E-state index is 0.0501. The normalized spacial score (nSPS) is 11.2. The fourth-order valence-corrected chi connectivity index (χ4v) is 4.40. The molecule has 0 aliphatic carbocycles. The monoisotopic (exact) mass is 425 g/mol. The SMILES string of the molecule is COc1cccc2cc(-c3nnc(NC(=O)c4sc5ccccc5c4Cl)o3)oc12. The second-order valence-electron chi connectivity index (χ2n) is 6.10. The van der Waals surface area contributed by atoms with Crippen LogP contribution in [0.2, 0.25) is 5.02 Å². The molecule has 1 amide bonds. The van der Waals surface area contributed by atoms with Crippen molar-refractivity contribution >= 4 is 55.9 Å². The fraction of sp³-hybridized carbons (Fsp3) is 0.0500. The van der Waals surface area contributed by atoms with Crippen LogP contribution in [0.1, 0.15) is 9.67 Å². The van der Waals surface area contributed by atoms with Crippen LogP contribution in [-0.4, -0.2) is 23.2 Å². The molecule has 5 aromatic rings. The van der Waals surface area contributed by atoms with Gasteiger partial charge in [0.1, 0.15) is 4.88 Å². The topological polar surface area (TPSA) is 90.4 Å². The molecular formula is C20H12ClN3O4S. The van der Waals surface area contributed by atoms with Gasteiger partial charge in [0.15, 0.2) is 17.1 Å². The van der Waals surface area contributed by atoms with E-state index >= 15 is 0 Å². The summed E-state index contributed by atoms with van der Waals surface area (Å²) >= 11 is 7.64. The number of aromatic nitrogens is 2. The molecule has 0 unspecified atom stereocenters. The Morgan fingerprint density at radius 1 is 1.14 bits per heavy atom. The van der Waals surface area contributed by atoms with Gasteiger partial charge in [0.05, 0.1) is 12.1 Å². The molecule has 5 rings (SSSR count). The van der Waals surface area contributed by atoms with Crippen molar-refractivity contribution in [3.8, 4) is 17.4 Å². The highest BCUT2D eigenvalue weighted by Crippen LogP contribution is 2.36. The maximum absolute atomic E-state index is 12.6. The zero-order chi connectivity index (χ0) is 20.0. The van der Waals surface area contributed by atoms with Gasteiger partial charge in [-0.3, -0.25) is 10.1 Å². The third-order valence-corrected chi connectivity index (χ3v) is 6.00. The van der Waals surface area contributed by atoms with E-state index in [9.17, 15) is 4.79 Å². The Morgan fingerprint density at radius 3 is 2.83 bits per heavy atom. The number of fused-ring (bicyclic) bond motifs is 2. The van der Waals surface area contributed by atoms with Crippen LogP contribution in [0.4, 0.5) is 6.01 Å². The second-order valence-corrected chi connectivity index (χ2v) is 7.53. The molecule has 0 radical (unpaired) electrons. The molecule has 1 N–H and O–H groups in total. The number of thiophene rings is 1. The van der Waals surface area contributed by atoms with Gasteiger partial charge in [-0.25, -0.2) is 0 Å². The lowest BCUT2D eigenvalue weighted by atomic mass is 10.2. The van der Waals surface area contributed by atoms with Crippen LogP contribution in [0.3, 0.4) is 0 Å². The number of hydrogen-bond donors (Lipinski definition) is 1. The summed E-state index contributed by atoms with van der Waals surface area (Å²) < 4.78 is 17.5. The third kappa shape index (κ3) is 3.02. The molecule has 2 aromatic carbocycles. The van der Waals surface area contributed by atoms with Crippen molar-refractivity contribution in [2.75, 3.05) is 12.4 Å². The second kappa shape index (κ2) is 6.91. The first-order valence-corrected chi connectivity index (χ1v) is 9.72. The number of rotatable bonds is 4. The molecular weight excluding hydrogens is 414 g/mol. The Balaban J connectivity index is 1.43. The van der Waals surface area contributed by atoms with Gasteiger partial charge in [-0.15, -0.1) is 16.4 Å². The van der Waals surface area contributed by atoms with Crippen molar-refractivity contribution < 1.29 is 18.4 Å². The molecule has 9 heteroatoms. The Hall–Kier alpha value is -3.36. The Labute approximate surface area is 172 Å². The highest BCUT2D eigenvalue weighted by molar-refractivity contribution is 7.21. The number of halogens is 1. The first kappa shape index (κ1) is 17.7. The highest BCUT2D eigenvalue weighted by atomic mass is 35.5. The third-order valence-electron chi connectivity index (χ3n) is 4.33. The van der Waals surface area contributed by atoms with E-state index in [-0.39, 0.29) is 11.9 Å². The maximum Gasteiger partial charge on any atom is 0.322 e. The van der Waals surface area contributed by atoms with Gasteiger partial charge < -0.3 is 13.6 Å². The molecule has 0 atom stereocenters. The number of amides is 1. The lowest BCUT2D eigenvalue weighted by Crippen LogP contribution is -2.10. The smallest absolute Gasteiger partial charge is 0.322 e. The Morgan fingerprint density at radius 2 is 2.00 bits per heavy atom. The molecule has 0 saturated heterocycles. The summed E-state index contributed by atoms with van der Waals surface area (Å²) in [4.78, 5) is 13.0. The summed E-state index contributed by atoms with van der Waals surface area (Å²) in [7, 11) is 1.57. The van der Waals surface area contributed by atoms with E-state index in [1.807, 2.05) is 36.4 Å². The molecule has 0 spiro atoms. The minimum atomic E-state index is -0.419. The zero-order valence-electron chi connectivity index (χ0n) is 14.9. The number of carbonyl (C=O) groups is 1. The number of ether oxygens (including phenoxy) is 1. The van der Waals surface area contributed by atoms with Crippen LogP contribution in [0.25, 0.3) is 32.7 Å². The summed E-state index contributed by atoms with van der Waals surface area (Å²) in [6, 6.07) is 14.8. The number of para-hydroxylation sites is 1. The van der Waals surface area contributed by atoms with E-state index in [1.165, 1.54) is 11.3 Å². The van der Waals surface area contributed by atoms with Crippen molar-refractivity contribution in [2.45, 2.75) is 0 Å². The van der Waals surface area contributed by atoms with Crippen LogP contribution in [0, 0.1) is 0 Å². The van der Waals surface area contributed by atoms with Crippen molar-refractivity contribution in [3.63, 3.8) is 0 Å². The number of benzene rings is 2. The van der Waals surface area contributed by atoms with E-state index in [2.05, 4.69) is 15.5 Å². The zero-order valence-corrected chi connectivity index (χ0v) is 16.5. The van der Waals surface area contributed by atoms with Crippen LogP contribution in [0.5, 0.6) is 5.75 Å². The van der Waals surface area contributed by atoms with Gasteiger partial charge in [0.2, 0.25) is 0 Å². The van der Waals surface area contributed by atoms with Gasteiger partial charge in [0.25, 0.3) is 11.8 Å². The first-order valence-electron chi connectivity index (χ1n) is 8.53. The number of methoxy groups -OCH3 is 1. The van der Waals surface area contributed by atoms with Gasteiger partial charge in [-0.05, 0) is 18.2 Å². The highest BCUT2D eigenvalue weighted by Gasteiger charge is 2.21. The van der Waals surface area contributed by atoms with E-state index in [0.29, 0.717) is 27.0 Å². The van der Waals surface area contributed by atoms with Crippen molar-refractivity contribution in [2.24, 2.45) is 0 Å². The molecule has 3 aromatic heterocycles. The largest absolute Gasteiger partial charge is 0.493 e. The van der Waals surface area contributed by atoms with Crippen molar-refractivity contribution in [1.29, 1.82) is 0 Å². The Kier molecular flexibility index (Phi) is 4.22. The molecule has 0 aliphatic rings. The molecule has 0 aliphatic heterocycles. The maximum atomic E-state index is 12.6. The summed E-state index contributed by atoms with van der Waals surface area (Å²) in [5.74, 6) is 0.692. The van der Waals surface area contributed by atoms with Crippen LogP contribution in [0.15, 0.2) is 57.4 Å². The number of nitrogens with zero attached hydrogens (tertiary/aromatic N) is 2. The predicted molar refractivity (Wildman–Crippen MR) is 111 cm³/mol. The summed E-state index contributed by atoms with van der Waals surface area (Å²) in [5.41, 5.74) is 0.575. The number of furan rings is 1. The molecule has 0 saturated carbocycles. The van der Waals surface area contributed by atoms with Crippen LogP contribution in [-0.2, 0) is 0 Å². The molecule has 3 heterocycles. The number of hydrogen-bond acceptors (Lipinski definition) is 7. The Bertz CT molecular complexity index is 1370. The predicted octanol–water partition coefficient (Wildman–Crippen LogP) is 5.61. The quantitative estimate of drug-likeness (QED) is 0.402. The summed E-state index contributed by atoms with van der Waals surface area (Å²) in [5, 5.41) is 12.5. The lowest BCUT2D eigenvalue weighted by molar-refractivity contribution is 0.102. The average Bonchev–Trinajstić information content (AvgIpc) is 3.45. The van der Waals surface area contributed by atoms with E-state index < -0.39 is 5.91 Å². The van der Waals surface area contributed by atoms with Gasteiger partial charge in [0, 0.05) is 15.5 Å². The van der Waals surface area contributed by atoms with Crippen LogP contribution < -0.4 is 10.1 Å². The molecule has 29 heavy (non-hydrogen) atoms. The lowest BCUT2D eigenvalue weighted by Gasteiger charge is -1.98. The molecule has 144 valence electrons. The van der Waals surface area contributed by atoms with E-state index in [4.69, 9.17) is 25.2 Å². The van der Waals surface area contributed by atoms with E-state index in [1.54, 1.807) is 19.2 Å². The molecule has 7 nitrogen and oxygen atoms in total. The van der Waals surface area contributed by atoms with Crippen molar-refractivity contribution in [1.82, 2.24) is 10.2 Å². The standard InChI is InChI=1S/C20H12ClN3O4S/c1-26-12-7-4-5-10-9-13(27-16(10)12)19-23-24-20(28-19)22-18(25)17-15(21)11-6-2-3-8-14(11)29-17/h2-9H,1H3,(H,22,24,25). The average molecular weight is 426 g/mol. The number of nitrogens with one attached hydrogen (secondary N) is 1. The van der Waals surface area contributed by atoms with Gasteiger partial charge in [-0.1, -0.05) is 47.0 Å². The molecule has 0 fully saturated rings. The van der Waals surface area contributed by atoms with E-state index in [0.717, 1.165) is 15.5 Å². The summed E-state index contributed by atoms with van der Waals surface area (Å²) in [6.07, 6.45) is 0. The number of carbonyl (C=O) groups excluding carboxylic acids is 1. The molecule has 0 bridgehead atoms. The van der Waals surface area contributed by atoms with Crippen LogP contribution >= 0.6 is 22.9 Å². The summed E-state index contributed by atoms with van der Waals surface area (Å²) in [6.45, 7) is 0. The number of anilines is 1. The van der Waals surface area contributed by atoms with Gasteiger partial charge >= 0.3 is 6.01 Å².